The van der Waals surface area contributed by atoms with Crippen LogP contribution in [-0.2, 0) is 39.3 Å². The van der Waals surface area contributed by atoms with Crippen LogP contribution in [0.3, 0.4) is 0 Å². The van der Waals surface area contributed by atoms with Crippen LogP contribution in [0.25, 0.3) is 0 Å². The number of ether oxygens (including phenoxy) is 2. The van der Waals surface area contributed by atoms with E-state index in [2.05, 4.69) is 0 Å². The van der Waals surface area contributed by atoms with Crippen molar-refractivity contribution >= 4 is 32.2 Å². The summed E-state index contributed by atoms with van der Waals surface area (Å²) in [7, 11) is -9.69. The fourth-order valence-corrected chi connectivity index (χ4v) is 11.9. The molecule has 232 valence electrons. The van der Waals surface area contributed by atoms with Crippen molar-refractivity contribution in [3.8, 4) is 0 Å². The summed E-state index contributed by atoms with van der Waals surface area (Å²) in [6.07, 6.45) is 9.31. The summed E-state index contributed by atoms with van der Waals surface area (Å²) < 4.78 is 77.6. The molecule has 2 N–H and O–H groups in total. The first-order valence-corrected chi connectivity index (χ1v) is 18.3. The van der Waals surface area contributed by atoms with Crippen molar-refractivity contribution in [1.82, 2.24) is 0 Å². The van der Waals surface area contributed by atoms with Crippen LogP contribution in [0.5, 0.6) is 0 Å². The van der Waals surface area contributed by atoms with E-state index in [0.29, 0.717) is 30.1 Å². The van der Waals surface area contributed by atoms with E-state index in [1.807, 2.05) is 0 Å². The van der Waals surface area contributed by atoms with Gasteiger partial charge in [0.1, 0.15) is 6.10 Å². The Kier molecular flexibility index (Phi) is 7.39. The summed E-state index contributed by atoms with van der Waals surface area (Å²) in [5.41, 5.74) is -0.113. The number of rotatable bonds is 9. The Morgan fingerprint density at radius 3 is 1.88 bits per heavy atom. The van der Waals surface area contributed by atoms with Crippen molar-refractivity contribution in [2.75, 3.05) is 6.61 Å². The Labute approximate surface area is 243 Å². The molecule has 7 fully saturated rings. The highest BCUT2D eigenvalue weighted by Crippen LogP contribution is 2.60. The minimum Gasteiger partial charge on any atom is -0.464 e. The van der Waals surface area contributed by atoms with Crippen LogP contribution in [0.1, 0.15) is 103 Å². The van der Waals surface area contributed by atoms with Gasteiger partial charge < -0.3 is 9.47 Å². The average molecular weight is 617 g/mol. The van der Waals surface area contributed by atoms with Crippen molar-refractivity contribution < 1.29 is 45.0 Å². The normalized spacial score (nSPS) is 43.0. The van der Waals surface area contributed by atoms with Gasteiger partial charge in [0.05, 0.1) is 6.61 Å². The number of carbonyl (C=O) groups is 2. The van der Waals surface area contributed by atoms with Gasteiger partial charge in [-0.05, 0) is 139 Å². The molecule has 0 aromatic heterocycles. The lowest BCUT2D eigenvalue weighted by atomic mass is 9.50. The van der Waals surface area contributed by atoms with E-state index >= 15 is 0 Å². The molecular formula is C29H44O10S2. The minimum atomic E-state index is -4.86. The van der Waals surface area contributed by atoms with Gasteiger partial charge in [-0.1, -0.05) is 0 Å². The van der Waals surface area contributed by atoms with Gasteiger partial charge in [-0.2, -0.15) is 16.8 Å². The molecule has 7 aliphatic rings. The van der Waals surface area contributed by atoms with Crippen molar-refractivity contribution in [3.63, 3.8) is 0 Å². The van der Waals surface area contributed by atoms with Crippen LogP contribution in [0.4, 0.5) is 0 Å². The SMILES string of the molecule is CC(CC1CCC(C(=O)OCC23CC4CC(CC(C4)C2)C3)(S(=O)(=O)O)CC1)(C(=O)OC1CC2CCC1C2)S(=O)(=O)O. The number of fused-ring (bicyclic) bond motifs is 2. The van der Waals surface area contributed by atoms with Gasteiger partial charge in [0.2, 0.25) is 0 Å². The number of esters is 2. The van der Waals surface area contributed by atoms with Crippen molar-refractivity contribution in [2.24, 2.45) is 40.9 Å². The first-order chi connectivity index (χ1) is 19.1. The lowest BCUT2D eigenvalue weighted by Gasteiger charge is -2.56. The van der Waals surface area contributed by atoms with E-state index in [1.54, 1.807) is 0 Å². The second-order valence-corrected chi connectivity index (χ2v) is 18.5. The Morgan fingerprint density at radius 2 is 1.41 bits per heavy atom. The third kappa shape index (κ3) is 5.26. The van der Waals surface area contributed by atoms with Crippen LogP contribution < -0.4 is 0 Å². The minimum absolute atomic E-state index is 0.0682. The van der Waals surface area contributed by atoms with Crippen molar-refractivity contribution in [1.29, 1.82) is 0 Å². The molecule has 7 rings (SSSR count). The Hall–Kier alpha value is -1.24. The van der Waals surface area contributed by atoms with Crippen molar-refractivity contribution in [2.45, 2.75) is 119 Å². The van der Waals surface area contributed by atoms with Gasteiger partial charge in [0.15, 0.2) is 9.49 Å². The highest BCUT2D eigenvalue weighted by molar-refractivity contribution is 7.88. The first kappa shape index (κ1) is 29.8. The maximum atomic E-state index is 13.4. The lowest BCUT2D eigenvalue weighted by Crippen LogP contribution is -2.53. The van der Waals surface area contributed by atoms with E-state index in [4.69, 9.17) is 9.47 Å². The van der Waals surface area contributed by atoms with E-state index in [-0.39, 0.29) is 56.1 Å². The smallest absolute Gasteiger partial charge is 0.330 e. The quantitative estimate of drug-likeness (QED) is 0.282. The van der Waals surface area contributed by atoms with Crippen LogP contribution in [0, 0.1) is 40.9 Å². The van der Waals surface area contributed by atoms with Gasteiger partial charge in [0, 0.05) is 5.41 Å². The number of carbonyl (C=O) groups excluding carboxylic acids is 2. The van der Waals surface area contributed by atoms with Crippen LogP contribution in [-0.4, -0.2) is 60.1 Å². The average Bonchev–Trinajstić information content (AvgIpc) is 3.49. The van der Waals surface area contributed by atoms with Gasteiger partial charge >= 0.3 is 11.9 Å². The maximum Gasteiger partial charge on any atom is 0.330 e. The van der Waals surface area contributed by atoms with Gasteiger partial charge in [-0.25, -0.2) is 0 Å². The molecule has 4 atom stereocenters. The zero-order valence-electron chi connectivity index (χ0n) is 23.8. The van der Waals surface area contributed by atoms with Gasteiger partial charge in [-0.15, -0.1) is 0 Å². The number of hydrogen-bond acceptors (Lipinski definition) is 8. The van der Waals surface area contributed by atoms with Crippen molar-refractivity contribution in [3.05, 3.63) is 0 Å². The molecule has 0 spiro atoms. The Balaban J connectivity index is 1.11. The molecule has 41 heavy (non-hydrogen) atoms. The molecule has 0 aliphatic heterocycles. The zero-order chi connectivity index (χ0) is 29.4. The molecule has 7 saturated carbocycles. The Bertz CT molecular complexity index is 1250. The summed E-state index contributed by atoms with van der Waals surface area (Å²) in [4.78, 5) is 26.6. The molecule has 12 heteroatoms. The molecule has 4 unspecified atom stereocenters. The molecular weight excluding hydrogens is 572 g/mol. The van der Waals surface area contributed by atoms with Crippen LogP contribution in [0.2, 0.25) is 0 Å². The topological polar surface area (TPSA) is 161 Å². The highest BCUT2D eigenvalue weighted by Gasteiger charge is 2.58. The second kappa shape index (κ2) is 10.2. The maximum absolute atomic E-state index is 13.4. The molecule has 0 aromatic carbocycles. The monoisotopic (exact) mass is 616 g/mol. The molecule has 10 nitrogen and oxygen atoms in total. The summed E-state index contributed by atoms with van der Waals surface area (Å²) in [5.74, 6) is 0.186. The third-order valence-electron chi connectivity index (χ3n) is 12.1. The first-order valence-electron chi connectivity index (χ1n) is 15.4. The lowest BCUT2D eigenvalue weighted by molar-refractivity contribution is -0.160. The summed E-state index contributed by atoms with van der Waals surface area (Å²) in [5, 5.41) is 0. The van der Waals surface area contributed by atoms with Gasteiger partial charge in [0.25, 0.3) is 20.2 Å². The van der Waals surface area contributed by atoms with Crippen LogP contribution >= 0.6 is 0 Å². The summed E-state index contributed by atoms with van der Waals surface area (Å²) in [6, 6.07) is 0. The van der Waals surface area contributed by atoms with E-state index in [0.717, 1.165) is 45.4 Å². The van der Waals surface area contributed by atoms with E-state index in [9.17, 15) is 35.5 Å². The zero-order valence-corrected chi connectivity index (χ0v) is 25.5. The fraction of sp³-hybridized carbons (Fsp3) is 0.931. The predicted octanol–water partition coefficient (Wildman–Crippen LogP) is 4.33. The predicted molar refractivity (Wildman–Crippen MR) is 148 cm³/mol. The fourth-order valence-electron chi connectivity index (χ4n) is 10.2. The molecule has 0 heterocycles. The molecule has 7 aliphatic carbocycles. The second-order valence-electron chi connectivity index (χ2n) is 14.9. The van der Waals surface area contributed by atoms with Crippen LogP contribution in [0.15, 0.2) is 0 Å². The highest BCUT2D eigenvalue weighted by atomic mass is 32.2. The molecule has 0 saturated heterocycles. The standard InChI is InChI=1S/C29H44O10S2/c1-27(40(32,33)34,25(30)39-24-12-19-2-3-23(24)11-19)13-18-4-6-29(7-5-18,41(35,36)37)26(31)38-17-28-14-20-8-21(15-28)10-22(9-20)16-28/h18-24H,2-17H2,1H3,(H,32,33,34)(H,35,36,37). The summed E-state index contributed by atoms with van der Waals surface area (Å²) >= 11 is 0. The molecule has 0 radical (unpaired) electrons. The van der Waals surface area contributed by atoms with Gasteiger partial charge in [-0.3, -0.25) is 18.7 Å². The number of hydrogen-bond donors (Lipinski definition) is 2. The van der Waals surface area contributed by atoms with E-state index in [1.165, 1.54) is 19.3 Å². The summed E-state index contributed by atoms with van der Waals surface area (Å²) in [6.45, 7) is 1.31. The molecule has 0 amide bonds. The third-order valence-corrected chi connectivity index (χ3v) is 15.1. The molecule has 6 bridgehead atoms. The largest absolute Gasteiger partial charge is 0.464 e. The molecule has 0 aromatic rings. The van der Waals surface area contributed by atoms with E-state index < -0.39 is 47.6 Å². The Morgan fingerprint density at radius 1 is 0.829 bits per heavy atom.